The number of hydrogen-bond donors (Lipinski definition) is 2. The van der Waals surface area contributed by atoms with Gasteiger partial charge in [0.2, 0.25) is 0 Å². The van der Waals surface area contributed by atoms with E-state index in [1.54, 1.807) is 18.2 Å². The highest BCUT2D eigenvalue weighted by atomic mass is 32.2. The van der Waals surface area contributed by atoms with E-state index in [0.717, 1.165) is 18.5 Å². The van der Waals surface area contributed by atoms with Gasteiger partial charge < -0.3 is 10.1 Å². The molecule has 1 aromatic carbocycles. The fraction of sp³-hybridized carbons (Fsp3) is 0.267. The topological polar surface area (TPSA) is 89.8 Å². The molecule has 6 heteroatoms. The Bertz CT molecular complexity index is 734. The lowest BCUT2D eigenvalue weighted by Gasteiger charge is -2.06. The van der Waals surface area contributed by atoms with Crippen LogP contribution < -0.4 is 5.56 Å². The van der Waals surface area contributed by atoms with Crippen molar-refractivity contribution in [3.63, 3.8) is 0 Å². The normalized spacial score (nSPS) is 10.3. The molecule has 0 saturated heterocycles. The fourth-order valence-corrected chi connectivity index (χ4v) is 2.75. The van der Waals surface area contributed by atoms with Gasteiger partial charge in [-0.05, 0) is 24.1 Å². The van der Waals surface area contributed by atoms with Gasteiger partial charge in [0, 0.05) is 16.7 Å². The Kier molecular flexibility index (Phi) is 5.14. The number of hydrogen-bond acceptors (Lipinski definition) is 5. The summed E-state index contributed by atoms with van der Waals surface area (Å²) < 4.78 is 0. The van der Waals surface area contributed by atoms with Crippen LogP contribution in [-0.4, -0.2) is 15.1 Å². The van der Waals surface area contributed by atoms with E-state index in [2.05, 4.69) is 16.0 Å². The van der Waals surface area contributed by atoms with Crippen molar-refractivity contribution in [2.45, 2.75) is 36.4 Å². The molecule has 2 N–H and O–H groups in total. The Morgan fingerprint density at radius 1 is 1.43 bits per heavy atom. The van der Waals surface area contributed by atoms with Crippen molar-refractivity contribution in [2.75, 3.05) is 0 Å². The van der Waals surface area contributed by atoms with Crippen molar-refractivity contribution in [2.24, 2.45) is 0 Å². The van der Waals surface area contributed by atoms with E-state index in [-0.39, 0.29) is 12.2 Å². The highest BCUT2D eigenvalue weighted by molar-refractivity contribution is 7.99. The Balaban J connectivity index is 2.34. The molecule has 0 unspecified atom stereocenters. The van der Waals surface area contributed by atoms with E-state index < -0.39 is 0 Å². The van der Waals surface area contributed by atoms with E-state index >= 15 is 0 Å². The van der Waals surface area contributed by atoms with Crippen LogP contribution in [0.15, 0.2) is 39.1 Å². The number of aliphatic hydroxyl groups excluding tert-OH is 1. The Labute approximate surface area is 126 Å². The number of rotatable bonds is 5. The fourth-order valence-electron chi connectivity index (χ4n) is 1.87. The van der Waals surface area contributed by atoms with Gasteiger partial charge in [-0.1, -0.05) is 31.2 Å². The predicted molar refractivity (Wildman–Crippen MR) is 80.1 cm³/mol. The maximum atomic E-state index is 11.6. The first-order valence-corrected chi connectivity index (χ1v) is 7.40. The molecule has 0 radical (unpaired) electrons. The van der Waals surface area contributed by atoms with Gasteiger partial charge in [0.1, 0.15) is 6.07 Å². The van der Waals surface area contributed by atoms with Gasteiger partial charge in [0.05, 0.1) is 12.2 Å². The molecule has 5 nitrogen and oxygen atoms in total. The molecular weight excluding hydrogens is 286 g/mol. The van der Waals surface area contributed by atoms with Gasteiger partial charge in [0.15, 0.2) is 5.16 Å². The highest BCUT2D eigenvalue weighted by Gasteiger charge is 2.08. The zero-order valence-corrected chi connectivity index (χ0v) is 12.4. The van der Waals surface area contributed by atoms with Gasteiger partial charge in [-0.3, -0.25) is 4.79 Å². The third kappa shape index (κ3) is 3.94. The number of aromatic amines is 1. The van der Waals surface area contributed by atoms with Crippen LogP contribution in [-0.2, 0) is 13.0 Å². The molecule has 2 aromatic rings. The molecule has 108 valence electrons. The van der Waals surface area contributed by atoms with Gasteiger partial charge in [-0.25, -0.2) is 4.98 Å². The molecule has 0 fully saturated rings. The second kappa shape index (κ2) is 7.07. The average Bonchev–Trinajstić information content (AvgIpc) is 2.47. The zero-order valence-electron chi connectivity index (χ0n) is 11.6. The smallest absolute Gasteiger partial charge is 0.251 e. The lowest BCUT2D eigenvalue weighted by molar-refractivity contribution is 0.281. The SMILES string of the molecule is CCCc1cc(=O)[nH]c(Sc2ccc(CO)cc2C#N)n1. The summed E-state index contributed by atoms with van der Waals surface area (Å²) in [6.07, 6.45) is 1.65. The first-order valence-electron chi connectivity index (χ1n) is 6.58. The molecule has 0 aliphatic heterocycles. The summed E-state index contributed by atoms with van der Waals surface area (Å²) in [5, 5.41) is 18.7. The van der Waals surface area contributed by atoms with Crippen molar-refractivity contribution in [1.82, 2.24) is 9.97 Å². The number of aromatic nitrogens is 2. The highest BCUT2D eigenvalue weighted by Crippen LogP contribution is 2.28. The van der Waals surface area contributed by atoms with Gasteiger partial charge in [-0.15, -0.1) is 0 Å². The molecule has 0 amide bonds. The van der Waals surface area contributed by atoms with Crippen molar-refractivity contribution in [1.29, 1.82) is 5.26 Å². The minimum absolute atomic E-state index is 0.110. The molecule has 0 spiro atoms. The minimum Gasteiger partial charge on any atom is -0.392 e. The first kappa shape index (κ1) is 15.3. The quantitative estimate of drug-likeness (QED) is 0.827. The average molecular weight is 301 g/mol. The summed E-state index contributed by atoms with van der Waals surface area (Å²) >= 11 is 1.24. The molecule has 0 atom stereocenters. The molecule has 0 saturated carbocycles. The first-order chi connectivity index (χ1) is 10.2. The van der Waals surface area contributed by atoms with Crippen LogP contribution in [0.25, 0.3) is 0 Å². The number of benzene rings is 1. The Hall–Kier alpha value is -2.10. The zero-order chi connectivity index (χ0) is 15.2. The molecule has 0 aliphatic carbocycles. The molecule has 0 bridgehead atoms. The van der Waals surface area contributed by atoms with Gasteiger partial charge in [-0.2, -0.15) is 5.26 Å². The number of aryl methyl sites for hydroxylation is 1. The second-order valence-electron chi connectivity index (χ2n) is 4.49. The van der Waals surface area contributed by atoms with Crippen LogP contribution in [0.4, 0.5) is 0 Å². The van der Waals surface area contributed by atoms with Crippen LogP contribution in [0, 0.1) is 11.3 Å². The maximum absolute atomic E-state index is 11.6. The van der Waals surface area contributed by atoms with Crippen LogP contribution in [0.3, 0.4) is 0 Å². The summed E-state index contributed by atoms with van der Waals surface area (Å²) in [6.45, 7) is 1.91. The number of H-pyrrole nitrogens is 1. The van der Waals surface area contributed by atoms with Crippen molar-refractivity contribution < 1.29 is 5.11 Å². The Morgan fingerprint density at radius 3 is 2.90 bits per heavy atom. The summed E-state index contributed by atoms with van der Waals surface area (Å²) in [4.78, 5) is 19.4. The third-order valence-electron chi connectivity index (χ3n) is 2.83. The standard InChI is InChI=1S/C15H15N3O2S/c1-2-3-12-7-14(20)18-15(17-12)21-13-5-4-10(9-19)6-11(13)8-16/h4-7,19H,2-3,9H2,1H3,(H,17,18,20). The van der Waals surface area contributed by atoms with E-state index in [0.29, 0.717) is 21.2 Å². The molecule has 2 rings (SSSR count). The van der Waals surface area contributed by atoms with Gasteiger partial charge in [0.25, 0.3) is 5.56 Å². The van der Waals surface area contributed by atoms with E-state index in [1.165, 1.54) is 17.8 Å². The van der Waals surface area contributed by atoms with Crippen molar-refractivity contribution in [3.05, 3.63) is 51.4 Å². The maximum Gasteiger partial charge on any atom is 0.251 e. The predicted octanol–water partition coefficient (Wildman–Crippen LogP) is 2.24. The number of nitrogens with zero attached hydrogens (tertiary/aromatic N) is 2. The number of nitriles is 1. The summed E-state index contributed by atoms with van der Waals surface area (Å²) in [5.74, 6) is 0. The molecular formula is C15H15N3O2S. The van der Waals surface area contributed by atoms with E-state index in [9.17, 15) is 10.1 Å². The number of aliphatic hydroxyl groups is 1. The Morgan fingerprint density at radius 2 is 2.24 bits per heavy atom. The molecule has 0 aliphatic rings. The van der Waals surface area contributed by atoms with E-state index in [1.807, 2.05) is 6.92 Å². The lowest BCUT2D eigenvalue weighted by atomic mass is 10.1. The summed E-state index contributed by atoms with van der Waals surface area (Å²) in [6, 6.07) is 8.72. The lowest BCUT2D eigenvalue weighted by Crippen LogP contribution is -2.09. The van der Waals surface area contributed by atoms with Crippen LogP contribution in [0.2, 0.25) is 0 Å². The van der Waals surface area contributed by atoms with Crippen LogP contribution >= 0.6 is 11.8 Å². The van der Waals surface area contributed by atoms with Crippen LogP contribution in [0.5, 0.6) is 0 Å². The molecule has 21 heavy (non-hydrogen) atoms. The summed E-state index contributed by atoms with van der Waals surface area (Å²) in [7, 11) is 0. The van der Waals surface area contributed by atoms with Crippen LogP contribution in [0.1, 0.15) is 30.2 Å². The monoisotopic (exact) mass is 301 g/mol. The molecule has 1 aromatic heterocycles. The van der Waals surface area contributed by atoms with Crippen molar-refractivity contribution >= 4 is 11.8 Å². The second-order valence-corrected chi connectivity index (χ2v) is 5.53. The summed E-state index contributed by atoms with van der Waals surface area (Å²) in [5.41, 5.74) is 1.68. The number of nitrogens with one attached hydrogen (secondary N) is 1. The minimum atomic E-state index is -0.193. The van der Waals surface area contributed by atoms with Crippen molar-refractivity contribution in [3.8, 4) is 6.07 Å². The van der Waals surface area contributed by atoms with E-state index in [4.69, 9.17) is 5.11 Å². The largest absolute Gasteiger partial charge is 0.392 e. The van der Waals surface area contributed by atoms with Gasteiger partial charge >= 0.3 is 0 Å². The molecule has 1 heterocycles. The third-order valence-corrected chi connectivity index (χ3v) is 3.80.